The van der Waals surface area contributed by atoms with Crippen molar-refractivity contribution < 1.29 is 0 Å². The van der Waals surface area contributed by atoms with Crippen molar-refractivity contribution in [1.29, 1.82) is 0 Å². The van der Waals surface area contributed by atoms with Crippen LogP contribution in [0.2, 0.25) is 0 Å². The molecule has 0 radical (unpaired) electrons. The maximum absolute atomic E-state index is 2.59. The first-order valence-electron chi connectivity index (χ1n) is 28.3. The second kappa shape index (κ2) is 17.3. The van der Waals surface area contributed by atoms with Crippen LogP contribution in [0.4, 0.5) is 34.1 Å². The maximum atomic E-state index is 2.59. The summed E-state index contributed by atoms with van der Waals surface area (Å²) < 4.78 is 5.19. The van der Waals surface area contributed by atoms with E-state index >= 15 is 0 Å². The highest BCUT2D eigenvalue weighted by atomic mass is 15.2. The highest BCUT2D eigenvalue weighted by Gasteiger charge is 2.32. The molecule has 0 saturated heterocycles. The zero-order valence-corrected chi connectivity index (χ0v) is 44.5. The van der Waals surface area contributed by atoms with Gasteiger partial charge in [-0.3, -0.25) is 0 Å². The number of nitrogens with zero attached hydrogens (tertiary/aromatic N) is 4. The lowest BCUT2D eigenvalue weighted by atomic mass is 9.83. The van der Waals surface area contributed by atoms with Crippen molar-refractivity contribution in [1.82, 2.24) is 9.13 Å². The first-order chi connectivity index (χ1) is 40.8. The van der Waals surface area contributed by atoms with Crippen LogP contribution in [-0.2, 0) is 0 Å². The molecule has 4 heteroatoms. The van der Waals surface area contributed by atoms with E-state index < -0.39 is 0 Å². The molecule has 2 aromatic heterocycles. The Labute approximate surface area is 472 Å². The summed E-state index contributed by atoms with van der Waals surface area (Å²) in [5.41, 5.74) is 13.6. The third-order valence-electron chi connectivity index (χ3n) is 17.7. The first kappa shape index (κ1) is 45.0. The molecule has 0 unspecified atom stereocenters. The standard InChI is InChI=1S/C78H48N4/c1-3-27-51(28-4-1)79(65-45-19-25-49-23-7-9-31-53(49)65)71-47-63-75-73-59(71)37-21-39-61(73)78(82-69-43-17-13-35-57(69)58-36-14-18-44-70(58)82)64-48-72(80(52-29-5-2-6-30-52)66-46-20-26-50-24-8-10-32-54(50)66)60-38-22-40-62(74(60)76(64)75)77(63)81-67-41-15-11-33-55(67)56-34-12-16-42-68(56)81/h1-48H. The molecule has 2 heterocycles. The molecular formula is C78H48N4. The van der Waals surface area contributed by atoms with Gasteiger partial charge in [-0.15, -0.1) is 0 Å². The normalized spacial score (nSPS) is 12.1. The van der Waals surface area contributed by atoms with Crippen molar-refractivity contribution >= 4 is 153 Å². The number of rotatable bonds is 8. The van der Waals surface area contributed by atoms with Gasteiger partial charge in [-0.25, -0.2) is 0 Å². The minimum Gasteiger partial charge on any atom is -0.309 e. The Morgan fingerprint density at radius 1 is 0.195 bits per heavy atom. The number of para-hydroxylation sites is 6. The Balaban J connectivity index is 1.12. The number of hydrogen-bond acceptors (Lipinski definition) is 2. The van der Waals surface area contributed by atoms with Crippen LogP contribution in [-0.4, -0.2) is 9.13 Å². The van der Waals surface area contributed by atoms with Gasteiger partial charge in [0.2, 0.25) is 0 Å². The van der Waals surface area contributed by atoms with Gasteiger partial charge in [-0.2, -0.15) is 0 Å². The lowest BCUT2D eigenvalue weighted by molar-refractivity contribution is 1.21. The largest absolute Gasteiger partial charge is 0.309 e. The summed E-state index contributed by atoms with van der Waals surface area (Å²) in [7, 11) is 0. The predicted molar refractivity (Wildman–Crippen MR) is 349 cm³/mol. The molecule has 0 aliphatic heterocycles. The van der Waals surface area contributed by atoms with Crippen LogP contribution in [0, 0.1) is 0 Å². The van der Waals surface area contributed by atoms with Crippen molar-refractivity contribution in [3.05, 3.63) is 291 Å². The summed E-state index contributed by atoms with van der Waals surface area (Å²) in [5, 5.41) is 21.7. The van der Waals surface area contributed by atoms with Gasteiger partial charge < -0.3 is 18.9 Å². The molecule has 0 bridgehead atoms. The van der Waals surface area contributed by atoms with Crippen LogP contribution in [0.5, 0.6) is 0 Å². The van der Waals surface area contributed by atoms with Gasteiger partial charge >= 0.3 is 0 Å². The van der Waals surface area contributed by atoms with Crippen LogP contribution in [0.3, 0.4) is 0 Å². The fraction of sp³-hybridized carbons (Fsp3) is 0. The van der Waals surface area contributed by atoms with Gasteiger partial charge in [-0.05, 0) is 83.6 Å². The molecule has 0 atom stereocenters. The van der Waals surface area contributed by atoms with Gasteiger partial charge in [-0.1, -0.05) is 218 Å². The van der Waals surface area contributed by atoms with Crippen LogP contribution in [0.15, 0.2) is 291 Å². The monoisotopic (exact) mass is 1040 g/mol. The molecule has 82 heavy (non-hydrogen) atoms. The van der Waals surface area contributed by atoms with Gasteiger partial charge in [0, 0.05) is 97.6 Å². The molecule has 16 aromatic carbocycles. The highest BCUT2D eigenvalue weighted by molar-refractivity contribution is 6.44. The van der Waals surface area contributed by atoms with Gasteiger partial charge in [0.1, 0.15) is 0 Å². The fourth-order valence-corrected chi connectivity index (χ4v) is 14.4. The summed E-state index contributed by atoms with van der Waals surface area (Å²) >= 11 is 0. The van der Waals surface area contributed by atoms with Crippen molar-refractivity contribution in [2.24, 2.45) is 0 Å². The topological polar surface area (TPSA) is 16.3 Å². The molecule has 18 rings (SSSR count). The van der Waals surface area contributed by atoms with E-state index in [9.17, 15) is 0 Å². The van der Waals surface area contributed by atoms with E-state index in [4.69, 9.17) is 0 Å². The van der Waals surface area contributed by atoms with E-state index in [0.29, 0.717) is 0 Å². The SMILES string of the molecule is c1ccc(N(c2cccc3ccccc23)c2cc3c(-n4c5ccccc5c5ccccc54)c4cccc5c(N(c6ccccc6)c6cccc7ccccc67)cc6c(-n7c8ccccc8c8ccccc87)c7cccc2c7c3c6c54)cc1. The van der Waals surface area contributed by atoms with E-state index in [0.717, 1.165) is 45.5 Å². The summed E-state index contributed by atoms with van der Waals surface area (Å²) in [6.07, 6.45) is 0. The molecule has 380 valence electrons. The quantitative estimate of drug-likeness (QED) is 0.111. The minimum atomic E-state index is 1.09. The predicted octanol–water partition coefficient (Wildman–Crippen LogP) is 21.8. The zero-order chi connectivity index (χ0) is 53.6. The van der Waals surface area contributed by atoms with Crippen LogP contribution in [0.1, 0.15) is 0 Å². The Hall–Kier alpha value is -10.9. The smallest absolute Gasteiger partial charge is 0.0620 e. The van der Waals surface area contributed by atoms with Crippen molar-refractivity contribution in [3.63, 3.8) is 0 Å². The average Bonchev–Trinajstić information content (AvgIpc) is 2.44. The molecular weight excluding hydrogens is 993 g/mol. The second-order valence-corrected chi connectivity index (χ2v) is 21.9. The van der Waals surface area contributed by atoms with Gasteiger partial charge in [0.15, 0.2) is 0 Å². The number of anilines is 6. The second-order valence-electron chi connectivity index (χ2n) is 21.9. The van der Waals surface area contributed by atoms with E-state index in [1.165, 1.54) is 119 Å². The molecule has 18 aromatic rings. The first-order valence-corrected chi connectivity index (χ1v) is 28.3. The highest BCUT2D eigenvalue weighted by Crippen LogP contribution is 2.57. The van der Waals surface area contributed by atoms with E-state index in [1.54, 1.807) is 0 Å². The van der Waals surface area contributed by atoms with Gasteiger partial charge in [0.25, 0.3) is 0 Å². The van der Waals surface area contributed by atoms with Crippen molar-refractivity contribution in [2.45, 2.75) is 0 Å². The minimum absolute atomic E-state index is 1.09. The van der Waals surface area contributed by atoms with Crippen LogP contribution >= 0.6 is 0 Å². The summed E-state index contributed by atoms with van der Waals surface area (Å²) in [6.45, 7) is 0. The molecule has 4 nitrogen and oxygen atoms in total. The molecule has 0 amide bonds. The lowest BCUT2D eigenvalue weighted by Gasteiger charge is -2.32. The van der Waals surface area contributed by atoms with Crippen molar-refractivity contribution in [3.8, 4) is 11.4 Å². The van der Waals surface area contributed by atoms with Gasteiger partial charge in [0.05, 0.1) is 56.2 Å². The number of aromatic nitrogens is 2. The molecule has 0 saturated carbocycles. The van der Waals surface area contributed by atoms with Crippen molar-refractivity contribution in [2.75, 3.05) is 9.80 Å². The third kappa shape index (κ3) is 6.20. The maximum Gasteiger partial charge on any atom is 0.0620 e. The third-order valence-corrected chi connectivity index (χ3v) is 17.7. The summed E-state index contributed by atoms with van der Waals surface area (Å²) in [5.74, 6) is 0. The molecule has 0 aliphatic rings. The Bertz CT molecular complexity index is 5130. The Kier molecular flexibility index (Phi) is 9.48. The Morgan fingerprint density at radius 3 is 0.878 bits per heavy atom. The Morgan fingerprint density at radius 2 is 0.488 bits per heavy atom. The number of benzene rings is 16. The van der Waals surface area contributed by atoms with E-state index in [-0.39, 0.29) is 0 Å². The number of hydrogen-bond donors (Lipinski definition) is 0. The lowest BCUT2D eigenvalue weighted by Crippen LogP contribution is -2.13. The molecule has 0 spiro atoms. The van der Waals surface area contributed by atoms with E-state index in [2.05, 4.69) is 310 Å². The number of fused-ring (bicyclic) bond motifs is 8. The van der Waals surface area contributed by atoms with Crippen LogP contribution in [0.25, 0.3) is 130 Å². The average molecular weight is 1040 g/mol. The summed E-state index contributed by atoms with van der Waals surface area (Å²) in [4.78, 5) is 5.06. The zero-order valence-electron chi connectivity index (χ0n) is 44.5. The van der Waals surface area contributed by atoms with Crippen LogP contribution < -0.4 is 9.80 Å². The van der Waals surface area contributed by atoms with E-state index in [1.807, 2.05) is 0 Å². The fourth-order valence-electron chi connectivity index (χ4n) is 14.4. The molecule has 0 aliphatic carbocycles. The molecule has 0 N–H and O–H groups in total. The molecule has 0 fully saturated rings. The summed E-state index contributed by atoms with van der Waals surface area (Å²) in [6, 6.07) is 108.